The molecule has 2 N–H and O–H groups in total. The molecule has 24 heavy (non-hydrogen) atoms. The highest BCUT2D eigenvalue weighted by atomic mass is 32.1. The van der Waals surface area contributed by atoms with Crippen LogP contribution in [-0.4, -0.2) is 42.2 Å². The van der Waals surface area contributed by atoms with Gasteiger partial charge in [-0.25, -0.2) is 0 Å². The quantitative estimate of drug-likeness (QED) is 0.789. The second-order valence-corrected chi connectivity index (χ2v) is 6.77. The topological polar surface area (TPSA) is 32.6 Å². The number of rotatable bonds is 6. The average Bonchev–Trinajstić information content (AvgIpc) is 2.55. The van der Waals surface area contributed by atoms with Crippen LogP contribution in [0.3, 0.4) is 0 Å². The van der Waals surface area contributed by atoms with Crippen molar-refractivity contribution in [3.63, 3.8) is 0 Å². The van der Waals surface area contributed by atoms with Gasteiger partial charge in [0.05, 0.1) is 38.9 Å². The van der Waals surface area contributed by atoms with Crippen LogP contribution in [0.2, 0.25) is 0 Å². The summed E-state index contributed by atoms with van der Waals surface area (Å²) in [6, 6.07) is 14.4. The van der Waals surface area contributed by atoms with E-state index in [1.54, 1.807) is 0 Å². The summed E-state index contributed by atoms with van der Waals surface area (Å²) in [7, 11) is 4.31. The van der Waals surface area contributed by atoms with Gasteiger partial charge in [0.2, 0.25) is 0 Å². The minimum absolute atomic E-state index is 0.121. The van der Waals surface area contributed by atoms with Crippen molar-refractivity contribution in [3.05, 3.63) is 59.9 Å². The minimum atomic E-state index is 0.121. The number of anilines is 1. The zero-order valence-corrected chi connectivity index (χ0v) is 15.7. The first-order chi connectivity index (χ1) is 11.5. The van der Waals surface area contributed by atoms with Crippen molar-refractivity contribution in [2.24, 2.45) is 0 Å². The highest BCUT2D eigenvalue weighted by Crippen LogP contribution is 2.19. The number of thiocarbonyl (C=S) groups is 1. The predicted molar refractivity (Wildman–Crippen MR) is 104 cm³/mol. The Morgan fingerprint density at radius 1 is 1.25 bits per heavy atom. The van der Waals surface area contributed by atoms with Gasteiger partial charge in [0.25, 0.3) is 0 Å². The molecule has 1 unspecified atom stereocenters. The monoisotopic (exact) mass is 343 g/mol. The fourth-order valence-electron chi connectivity index (χ4n) is 2.52. The van der Waals surface area contributed by atoms with Crippen LogP contribution in [0, 0.1) is 6.92 Å². The fraction of sp³-hybridized carbons (Fsp3) is 0.368. The zero-order chi connectivity index (χ0) is 17.5. The van der Waals surface area contributed by atoms with Gasteiger partial charge in [-0.15, -0.1) is 0 Å². The highest BCUT2D eigenvalue weighted by molar-refractivity contribution is 7.80. The largest absolute Gasteiger partial charge is 0.338 e. The summed E-state index contributed by atoms with van der Waals surface area (Å²) in [6.45, 7) is 6.11. The standard InChI is InChI=1S/C19H26N4S/c1-15-8-7-9-17(14-15)21-19(24)23(13-12-22(3)4)16(2)18-10-5-6-11-20-18/h5-11,14,16H,12-13H2,1-4H3,(H,21,24)/p+1. The van der Waals surface area contributed by atoms with Crippen molar-refractivity contribution >= 4 is 23.0 Å². The number of nitrogens with zero attached hydrogens (tertiary/aromatic N) is 2. The molecule has 2 aromatic rings. The molecule has 1 heterocycles. The maximum Gasteiger partial charge on any atom is 0.174 e. The lowest BCUT2D eigenvalue weighted by atomic mass is 10.2. The van der Waals surface area contributed by atoms with Crippen LogP contribution < -0.4 is 10.2 Å². The Morgan fingerprint density at radius 3 is 2.67 bits per heavy atom. The second kappa shape index (κ2) is 8.76. The first-order valence-electron chi connectivity index (χ1n) is 8.31. The van der Waals surface area contributed by atoms with Crippen molar-refractivity contribution in [3.8, 4) is 0 Å². The Bertz CT molecular complexity index is 657. The number of aromatic nitrogens is 1. The normalized spacial score (nSPS) is 12.0. The van der Waals surface area contributed by atoms with E-state index in [0.717, 1.165) is 29.6 Å². The molecule has 0 aliphatic rings. The molecular weight excluding hydrogens is 316 g/mol. The maximum atomic E-state index is 5.71. The van der Waals surface area contributed by atoms with E-state index < -0.39 is 0 Å². The molecule has 1 aromatic carbocycles. The molecule has 5 heteroatoms. The third kappa shape index (κ3) is 5.28. The molecule has 0 aliphatic carbocycles. The van der Waals surface area contributed by atoms with E-state index >= 15 is 0 Å². The van der Waals surface area contributed by atoms with Crippen molar-refractivity contribution in [1.29, 1.82) is 0 Å². The SMILES string of the molecule is Cc1cccc(NC(=S)N(CC[NH+](C)C)C(C)c2ccccn2)c1. The molecule has 0 amide bonds. The Balaban J connectivity index is 2.16. The summed E-state index contributed by atoms with van der Waals surface area (Å²) in [4.78, 5) is 8.10. The predicted octanol–water partition coefficient (Wildman–Crippen LogP) is 2.29. The van der Waals surface area contributed by atoms with Gasteiger partial charge in [0.1, 0.15) is 0 Å². The van der Waals surface area contributed by atoms with E-state index in [1.807, 2.05) is 30.5 Å². The van der Waals surface area contributed by atoms with Crippen molar-refractivity contribution in [1.82, 2.24) is 9.88 Å². The van der Waals surface area contributed by atoms with E-state index in [0.29, 0.717) is 0 Å². The minimum Gasteiger partial charge on any atom is -0.338 e. The van der Waals surface area contributed by atoms with Crippen LogP contribution >= 0.6 is 12.2 Å². The van der Waals surface area contributed by atoms with Crippen LogP contribution in [0.25, 0.3) is 0 Å². The van der Waals surface area contributed by atoms with Crippen LogP contribution in [-0.2, 0) is 0 Å². The van der Waals surface area contributed by atoms with Gasteiger partial charge >= 0.3 is 0 Å². The number of hydrogen-bond acceptors (Lipinski definition) is 2. The molecular formula is C19H27N4S+. The molecule has 0 fully saturated rings. The molecule has 0 spiro atoms. The zero-order valence-electron chi connectivity index (χ0n) is 14.9. The Hall–Kier alpha value is -1.98. The summed E-state index contributed by atoms with van der Waals surface area (Å²) in [5, 5.41) is 4.11. The molecule has 0 saturated carbocycles. The second-order valence-electron chi connectivity index (χ2n) is 6.38. The summed E-state index contributed by atoms with van der Waals surface area (Å²) in [5.74, 6) is 0. The number of hydrogen-bond donors (Lipinski definition) is 2. The molecule has 4 nitrogen and oxygen atoms in total. The molecule has 1 atom stereocenters. The molecule has 2 rings (SSSR count). The molecule has 0 saturated heterocycles. The lowest BCUT2D eigenvalue weighted by molar-refractivity contribution is -0.857. The summed E-state index contributed by atoms with van der Waals surface area (Å²) < 4.78 is 0. The molecule has 1 aromatic heterocycles. The van der Waals surface area contributed by atoms with Crippen LogP contribution in [0.4, 0.5) is 5.69 Å². The Kier molecular flexibility index (Phi) is 6.70. The molecule has 0 aliphatic heterocycles. The van der Waals surface area contributed by atoms with Crippen molar-refractivity contribution in [2.75, 3.05) is 32.5 Å². The van der Waals surface area contributed by atoms with Gasteiger partial charge < -0.3 is 15.1 Å². The van der Waals surface area contributed by atoms with Gasteiger partial charge in [-0.3, -0.25) is 4.98 Å². The highest BCUT2D eigenvalue weighted by Gasteiger charge is 2.20. The van der Waals surface area contributed by atoms with Gasteiger partial charge in [-0.1, -0.05) is 18.2 Å². The van der Waals surface area contributed by atoms with Gasteiger partial charge in [0, 0.05) is 11.9 Å². The van der Waals surface area contributed by atoms with Crippen LogP contribution in [0.5, 0.6) is 0 Å². The maximum absolute atomic E-state index is 5.71. The number of aryl methyl sites for hydroxylation is 1. The lowest BCUT2D eigenvalue weighted by Gasteiger charge is -2.31. The molecule has 0 radical (unpaired) electrons. The number of nitrogens with one attached hydrogen (secondary N) is 2. The van der Waals surface area contributed by atoms with Gasteiger partial charge in [-0.05, 0) is 55.9 Å². The van der Waals surface area contributed by atoms with E-state index in [-0.39, 0.29) is 6.04 Å². The first-order valence-corrected chi connectivity index (χ1v) is 8.72. The van der Waals surface area contributed by atoms with Gasteiger partial charge in [-0.2, -0.15) is 0 Å². The van der Waals surface area contributed by atoms with Crippen molar-refractivity contribution in [2.45, 2.75) is 19.9 Å². The van der Waals surface area contributed by atoms with E-state index in [4.69, 9.17) is 12.2 Å². The lowest BCUT2D eigenvalue weighted by Crippen LogP contribution is -3.06. The number of pyridine rings is 1. The van der Waals surface area contributed by atoms with Crippen LogP contribution in [0.1, 0.15) is 24.2 Å². The fourth-order valence-corrected chi connectivity index (χ4v) is 2.88. The Labute approximate surface area is 150 Å². The molecule has 128 valence electrons. The summed E-state index contributed by atoms with van der Waals surface area (Å²) >= 11 is 5.71. The number of likely N-dealkylation sites (N-methyl/N-ethyl adjacent to an activating group) is 1. The summed E-state index contributed by atoms with van der Waals surface area (Å²) in [5.41, 5.74) is 3.26. The van der Waals surface area contributed by atoms with Gasteiger partial charge in [0.15, 0.2) is 5.11 Å². The first kappa shape index (κ1) is 18.4. The number of benzene rings is 1. The Morgan fingerprint density at radius 2 is 2.04 bits per heavy atom. The average molecular weight is 344 g/mol. The van der Waals surface area contributed by atoms with E-state index in [9.17, 15) is 0 Å². The third-order valence-electron chi connectivity index (χ3n) is 3.97. The van der Waals surface area contributed by atoms with E-state index in [1.165, 1.54) is 10.5 Å². The number of quaternary nitrogens is 1. The van der Waals surface area contributed by atoms with Crippen LogP contribution in [0.15, 0.2) is 48.7 Å². The molecule has 0 bridgehead atoms. The third-order valence-corrected chi connectivity index (χ3v) is 4.30. The smallest absolute Gasteiger partial charge is 0.174 e. The summed E-state index contributed by atoms with van der Waals surface area (Å²) in [6.07, 6.45) is 1.83. The van der Waals surface area contributed by atoms with Crippen molar-refractivity contribution < 1.29 is 4.90 Å². The van der Waals surface area contributed by atoms with E-state index in [2.05, 4.69) is 61.3 Å².